The van der Waals surface area contributed by atoms with E-state index in [-0.39, 0.29) is 29.3 Å². The van der Waals surface area contributed by atoms with Gasteiger partial charge in [-0.15, -0.1) is 0 Å². The Hall–Kier alpha value is -4.58. The molecule has 0 radical (unpaired) electrons. The molecule has 1 spiro atoms. The summed E-state index contributed by atoms with van der Waals surface area (Å²) < 4.78 is 22.6. The lowest BCUT2D eigenvalue weighted by Crippen LogP contribution is -2.38. The highest BCUT2D eigenvalue weighted by Crippen LogP contribution is 2.73. The second-order valence-corrected chi connectivity index (χ2v) is 11.4. The summed E-state index contributed by atoms with van der Waals surface area (Å²) in [6.07, 6.45) is 0.490. The number of rotatable bonds is 6. The van der Waals surface area contributed by atoms with E-state index in [4.69, 9.17) is 18.9 Å². The van der Waals surface area contributed by atoms with E-state index in [1.165, 1.54) is 0 Å². The monoisotopic (exact) mass is 560 g/mol. The van der Waals surface area contributed by atoms with Gasteiger partial charge in [-0.05, 0) is 52.9 Å². The van der Waals surface area contributed by atoms with Crippen molar-refractivity contribution in [2.24, 2.45) is 11.3 Å². The van der Waals surface area contributed by atoms with Crippen molar-refractivity contribution in [3.63, 3.8) is 0 Å². The molecule has 1 fully saturated rings. The third-order valence-electron chi connectivity index (χ3n) is 9.78. The van der Waals surface area contributed by atoms with Gasteiger partial charge in [-0.2, -0.15) is 0 Å². The molecule has 0 N–H and O–H groups in total. The number of ether oxygens (including phenoxy) is 4. The minimum atomic E-state index is -0.905. The Balaban J connectivity index is 1.54. The second-order valence-electron chi connectivity index (χ2n) is 11.4. The fraction of sp³-hybridized carbons (Fsp3) is 0.278. The van der Waals surface area contributed by atoms with Gasteiger partial charge in [-0.3, -0.25) is 9.59 Å². The summed E-state index contributed by atoms with van der Waals surface area (Å²) in [4.78, 5) is 29.7. The molecule has 0 aliphatic heterocycles. The Morgan fingerprint density at radius 2 is 1.07 bits per heavy atom. The fourth-order valence-electron chi connectivity index (χ4n) is 8.26. The number of carbonyl (C=O) groups excluding carboxylic acids is 2. The topological polar surface area (TPSA) is 71.1 Å². The first kappa shape index (κ1) is 26.3. The molecule has 7 rings (SSSR count). The molecular formula is C36H32O6. The number of fused-ring (bicyclic) bond motifs is 4. The van der Waals surface area contributed by atoms with Crippen LogP contribution in [-0.2, 0) is 6.42 Å². The van der Waals surface area contributed by atoms with Gasteiger partial charge in [0.1, 0.15) is 0 Å². The van der Waals surface area contributed by atoms with Crippen molar-refractivity contribution >= 4 is 11.6 Å². The molecule has 0 bridgehead atoms. The smallest absolute Gasteiger partial charge is 0.171 e. The summed E-state index contributed by atoms with van der Waals surface area (Å²) in [5.74, 6) is 0.993. The predicted octanol–water partition coefficient (Wildman–Crippen LogP) is 6.62. The summed E-state index contributed by atoms with van der Waals surface area (Å²) in [6, 6.07) is 27.8. The van der Waals surface area contributed by atoms with Gasteiger partial charge in [-0.25, -0.2) is 0 Å². The minimum Gasteiger partial charge on any atom is -0.493 e. The first-order chi connectivity index (χ1) is 20.5. The lowest BCUT2D eigenvalue weighted by Gasteiger charge is -2.38. The molecule has 0 heterocycles. The molecule has 3 unspecified atom stereocenters. The second kappa shape index (κ2) is 9.76. The van der Waals surface area contributed by atoms with Gasteiger partial charge in [0.25, 0.3) is 0 Å². The molecule has 0 aromatic heterocycles. The van der Waals surface area contributed by atoms with E-state index in [0.29, 0.717) is 40.5 Å². The zero-order valence-corrected chi connectivity index (χ0v) is 24.0. The molecule has 4 aromatic carbocycles. The first-order valence-electron chi connectivity index (χ1n) is 14.2. The Bertz CT molecular complexity index is 1710. The summed E-state index contributed by atoms with van der Waals surface area (Å²) in [7, 11) is 6.37. The lowest BCUT2D eigenvalue weighted by atomic mass is 9.62. The number of hydrogen-bond acceptors (Lipinski definition) is 6. The summed E-state index contributed by atoms with van der Waals surface area (Å²) in [5, 5.41) is 0. The molecule has 42 heavy (non-hydrogen) atoms. The van der Waals surface area contributed by atoms with Crippen LogP contribution in [0, 0.1) is 11.3 Å². The van der Waals surface area contributed by atoms with Crippen molar-refractivity contribution in [3.8, 4) is 23.0 Å². The maximum Gasteiger partial charge on any atom is 0.171 e. The molecule has 6 nitrogen and oxygen atoms in total. The van der Waals surface area contributed by atoms with Gasteiger partial charge in [0, 0.05) is 34.8 Å². The fourth-order valence-corrected chi connectivity index (χ4v) is 8.26. The number of benzene rings is 4. The van der Waals surface area contributed by atoms with Gasteiger partial charge < -0.3 is 18.9 Å². The van der Waals surface area contributed by atoms with Crippen molar-refractivity contribution in [1.82, 2.24) is 0 Å². The molecule has 1 saturated carbocycles. The SMILES string of the molecule is COc1cc2c(cc1OC)C(=O)C1(C2)[C@H](c2ccccc2)C2C(=O)c3cc(OC)c(OC)cc3C2[C@H]1c1ccccc1. The highest BCUT2D eigenvalue weighted by Gasteiger charge is 2.70. The van der Waals surface area contributed by atoms with Crippen molar-refractivity contribution in [3.05, 3.63) is 118 Å². The van der Waals surface area contributed by atoms with Crippen LogP contribution in [0.2, 0.25) is 0 Å². The van der Waals surface area contributed by atoms with Crippen LogP contribution in [0.3, 0.4) is 0 Å². The largest absolute Gasteiger partial charge is 0.493 e. The molecule has 0 saturated heterocycles. The van der Waals surface area contributed by atoms with Gasteiger partial charge in [0.05, 0.1) is 33.9 Å². The van der Waals surface area contributed by atoms with E-state index in [9.17, 15) is 4.79 Å². The zero-order valence-electron chi connectivity index (χ0n) is 24.0. The molecular weight excluding hydrogens is 528 g/mol. The molecule has 6 heteroatoms. The third-order valence-corrected chi connectivity index (χ3v) is 9.78. The molecule has 212 valence electrons. The van der Waals surface area contributed by atoms with Crippen LogP contribution in [-0.4, -0.2) is 40.0 Å². The lowest BCUT2D eigenvalue weighted by molar-refractivity contribution is 0.0745. The van der Waals surface area contributed by atoms with E-state index < -0.39 is 11.3 Å². The maximum absolute atomic E-state index is 15.1. The minimum absolute atomic E-state index is 0.0431. The highest BCUT2D eigenvalue weighted by atomic mass is 16.5. The third kappa shape index (κ3) is 3.44. The Labute approximate surface area is 245 Å². The normalized spacial score (nSPS) is 25.2. The van der Waals surface area contributed by atoms with Gasteiger partial charge >= 0.3 is 0 Å². The predicted molar refractivity (Wildman–Crippen MR) is 158 cm³/mol. The molecule has 5 atom stereocenters. The average Bonchev–Trinajstić information content (AvgIpc) is 3.60. The zero-order chi connectivity index (χ0) is 29.2. The van der Waals surface area contributed by atoms with E-state index in [2.05, 4.69) is 24.3 Å². The Morgan fingerprint density at radius 3 is 1.62 bits per heavy atom. The number of Topliss-reactive ketones (excluding diaryl/α,β-unsaturated/α-hetero) is 2. The molecule has 4 aromatic rings. The molecule has 3 aliphatic rings. The number of methoxy groups -OCH3 is 4. The van der Waals surface area contributed by atoms with Crippen LogP contribution in [0.5, 0.6) is 23.0 Å². The van der Waals surface area contributed by atoms with E-state index >= 15 is 4.79 Å². The quantitative estimate of drug-likeness (QED) is 0.264. The van der Waals surface area contributed by atoms with Crippen molar-refractivity contribution in [1.29, 1.82) is 0 Å². The average molecular weight is 561 g/mol. The van der Waals surface area contributed by atoms with Crippen molar-refractivity contribution < 1.29 is 28.5 Å². The van der Waals surface area contributed by atoms with Crippen molar-refractivity contribution in [2.45, 2.75) is 24.2 Å². The number of carbonyl (C=O) groups is 2. The molecule has 0 amide bonds. The van der Waals surface area contributed by atoms with Crippen LogP contribution in [0.1, 0.15) is 60.7 Å². The molecule has 3 aliphatic carbocycles. The van der Waals surface area contributed by atoms with Crippen LogP contribution >= 0.6 is 0 Å². The van der Waals surface area contributed by atoms with Gasteiger partial charge in [0.2, 0.25) is 0 Å². The first-order valence-corrected chi connectivity index (χ1v) is 14.2. The number of ketones is 2. The van der Waals surface area contributed by atoms with E-state index in [1.54, 1.807) is 28.4 Å². The van der Waals surface area contributed by atoms with Gasteiger partial charge in [-0.1, -0.05) is 60.7 Å². The van der Waals surface area contributed by atoms with Crippen LogP contribution in [0.15, 0.2) is 84.9 Å². The van der Waals surface area contributed by atoms with Crippen LogP contribution < -0.4 is 18.9 Å². The Kier molecular flexibility index (Phi) is 6.12. The van der Waals surface area contributed by atoms with E-state index in [1.807, 2.05) is 60.7 Å². The van der Waals surface area contributed by atoms with Crippen LogP contribution in [0.25, 0.3) is 0 Å². The summed E-state index contributed by atoms with van der Waals surface area (Å²) in [5.41, 5.74) is 4.23. The van der Waals surface area contributed by atoms with E-state index in [0.717, 1.165) is 22.3 Å². The standard InChI is InChI=1S/C36H32O6/c1-39-26-15-22-19-36(35(38)23(22)16-27(26)40-2)32(20-11-7-5-8-12-20)30-24-17-28(41-3)29(42-4)18-25(24)34(37)31(30)33(36)21-13-9-6-10-14-21/h5-18,30-33H,19H2,1-4H3/t30?,31?,32-,33-,36?/m1/s1. The summed E-state index contributed by atoms with van der Waals surface area (Å²) in [6.45, 7) is 0. The highest BCUT2D eigenvalue weighted by molar-refractivity contribution is 6.11. The summed E-state index contributed by atoms with van der Waals surface area (Å²) >= 11 is 0. The van der Waals surface area contributed by atoms with Crippen molar-refractivity contribution in [2.75, 3.05) is 28.4 Å². The van der Waals surface area contributed by atoms with Crippen LogP contribution in [0.4, 0.5) is 0 Å². The maximum atomic E-state index is 15.1. The Morgan fingerprint density at radius 1 is 0.595 bits per heavy atom. The number of hydrogen-bond donors (Lipinski definition) is 0. The van der Waals surface area contributed by atoms with Gasteiger partial charge in [0.15, 0.2) is 34.6 Å².